The van der Waals surface area contributed by atoms with Gasteiger partial charge in [0.2, 0.25) is 0 Å². The second-order valence-corrected chi connectivity index (χ2v) is 3.44. The molecule has 72 valence electrons. The number of rotatable bonds is 1. The summed E-state index contributed by atoms with van der Waals surface area (Å²) in [5, 5.41) is 7.77. The number of hydrogen-bond acceptors (Lipinski definition) is 3. The van der Waals surface area contributed by atoms with Crippen molar-refractivity contribution in [2.75, 3.05) is 31.1 Å². The summed E-state index contributed by atoms with van der Waals surface area (Å²) in [5.41, 5.74) is 0. The fraction of sp³-hybridized carbons (Fsp3) is 0.667. The molecule has 0 atom stereocenters. The summed E-state index contributed by atoms with van der Waals surface area (Å²) < 4.78 is 1.85. The van der Waals surface area contributed by atoms with Gasteiger partial charge < -0.3 is 10.2 Å². The Morgan fingerprint density at radius 2 is 2.31 bits per heavy atom. The molecule has 0 spiro atoms. The molecule has 1 N–H and O–H groups in total. The van der Waals surface area contributed by atoms with Crippen molar-refractivity contribution in [2.45, 2.75) is 6.42 Å². The zero-order chi connectivity index (χ0) is 9.10. The number of hydrogen-bond donors (Lipinski definition) is 1. The topological polar surface area (TPSA) is 33.1 Å². The Balaban J connectivity index is 2.06. The summed E-state index contributed by atoms with van der Waals surface area (Å²) in [7, 11) is 1.96. The minimum atomic E-state index is 1.07. The van der Waals surface area contributed by atoms with Gasteiger partial charge in [0.25, 0.3) is 0 Å². The molecule has 1 aromatic heterocycles. The van der Waals surface area contributed by atoms with Gasteiger partial charge in [0.1, 0.15) is 0 Å². The van der Waals surface area contributed by atoms with Crippen LogP contribution in [0.15, 0.2) is 12.3 Å². The maximum atomic E-state index is 4.39. The quantitative estimate of drug-likeness (QED) is 0.671. The molecular formula is C9H16N4. The van der Waals surface area contributed by atoms with Crippen LogP contribution in [-0.2, 0) is 7.05 Å². The van der Waals surface area contributed by atoms with Crippen molar-refractivity contribution in [3.05, 3.63) is 12.3 Å². The average molecular weight is 180 g/mol. The van der Waals surface area contributed by atoms with Gasteiger partial charge in [0, 0.05) is 38.9 Å². The minimum absolute atomic E-state index is 1.07. The van der Waals surface area contributed by atoms with Crippen LogP contribution in [-0.4, -0.2) is 36.0 Å². The molecule has 2 rings (SSSR count). The monoisotopic (exact) mass is 180 g/mol. The van der Waals surface area contributed by atoms with E-state index in [1.165, 1.54) is 6.42 Å². The lowest BCUT2D eigenvalue weighted by Crippen LogP contribution is -2.28. The van der Waals surface area contributed by atoms with Crippen LogP contribution in [0.25, 0.3) is 0 Å². The fourth-order valence-electron chi connectivity index (χ4n) is 1.65. The van der Waals surface area contributed by atoms with E-state index in [4.69, 9.17) is 0 Å². The minimum Gasteiger partial charge on any atom is -0.354 e. The second-order valence-electron chi connectivity index (χ2n) is 3.44. The fourth-order valence-corrected chi connectivity index (χ4v) is 1.65. The van der Waals surface area contributed by atoms with Crippen LogP contribution in [0.3, 0.4) is 0 Å². The summed E-state index contributed by atoms with van der Waals surface area (Å²) in [6.07, 6.45) is 3.20. The van der Waals surface area contributed by atoms with Crippen LogP contribution in [0.1, 0.15) is 6.42 Å². The predicted molar refractivity (Wildman–Crippen MR) is 52.9 cm³/mol. The summed E-state index contributed by atoms with van der Waals surface area (Å²) in [6, 6.07) is 2.07. The maximum absolute atomic E-state index is 4.39. The van der Waals surface area contributed by atoms with Crippen LogP contribution in [0.4, 0.5) is 5.82 Å². The molecule has 0 bridgehead atoms. The largest absolute Gasteiger partial charge is 0.354 e. The first-order valence-corrected chi connectivity index (χ1v) is 4.81. The molecule has 1 aliphatic heterocycles. The summed E-state index contributed by atoms with van der Waals surface area (Å²) in [5.74, 6) is 1.10. The Hall–Kier alpha value is -1.03. The van der Waals surface area contributed by atoms with Gasteiger partial charge in [-0.1, -0.05) is 0 Å². The van der Waals surface area contributed by atoms with Crippen molar-refractivity contribution in [2.24, 2.45) is 7.05 Å². The number of anilines is 1. The summed E-state index contributed by atoms with van der Waals surface area (Å²) in [4.78, 5) is 2.33. The Kier molecular flexibility index (Phi) is 2.49. The van der Waals surface area contributed by atoms with Crippen molar-refractivity contribution >= 4 is 5.82 Å². The molecule has 1 fully saturated rings. The lowest BCUT2D eigenvalue weighted by Gasteiger charge is -2.18. The van der Waals surface area contributed by atoms with Crippen molar-refractivity contribution in [3.8, 4) is 0 Å². The van der Waals surface area contributed by atoms with E-state index in [2.05, 4.69) is 21.4 Å². The Morgan fingerprint density at radius 1 is 1.38 bits per heavy atom. The Morgan fingerprint density at radius 3 is 3.08 bits per heavy atom. The van der Waals surface area contributed by atoms with Gasteiger partial charge in [-0.2, -0.15) is 5.10 Å². The molecule has 13 heavy (non-hydrogen) atoms. The molecule has 1 aromatic rings. The van der Waals surface area contributed by atoms with E-state index in [0.717, 1.165) is 32.0 Å². The first-order valence-electron chi connectivity index (χ1n) is 4.81. The second kappa shape index (κ2) is 3.79. The zero-order valence-corrected chi connectivity index (χ0v) is 8.03. The van der Waals surface area contributed by atoms with E-state index in [9.17, 15) is 0 Å². The normalized spacial score (nSPS) is 18.7. The first-order chi connectivity index (χ1) is 6.36. The molecular weight excluding hydrogens is 164 g/mol. The van der Waals surface area contributed by atoms with E-state index in [-0.39, 0.29) is 0 Å². The lowest BCUT2D eigenvalue weighted by atomic mass is 10.4. The average Bonchev–Trinajstić information content (AvgIpc) is 2.43. The number of aromatic nitrogens is 2. The molecule has 1 aliphatic rings. The van der Waals surface area contributed by atoms with Crippen LogP contribution in [0.2, 0.25) is 0 Å². The van der Waals surface area contributed by atoms with Crippen molar-refractivity contribution < 1.29 is 0 Å². The standard InChI is InChI=1S/C9H16N4/c1-12-7-3-9(11-12)13-6-2-4-10-5-8-13/h3,7,10H,2,4-6,8H2,1H3. The molecule has 0 aromatic carbocycles. The third-order valence-electron chi connectivity index (χ3n) is 2.36. The molecule has 0 unspecified atom stereocenters. The number of nitrogens with one attached hydrogen (secondary N) is 1. The molecule has 0 radical (unpaired) electrons. The molecule has 0 amide bonds. The van der Waals surface area contributed by atoms with E-state index < -0.39 is 0 Å². The highest BCUT2D eigenvalue weighted by molar-refractivity contribution is 5.36. The number of aryl methyl sites for hydroxylation is 1. The Labute approximate surface area is 78.5 Å². The SMILES string of the molecule is Cn1ccc(N2CCCNCC2)n1. The van der Waals surface area contributed by atoms with Crippen LogP contribution in [0, 0.1) is 0 Å². The van der Waals surface area contributed by atoms with Crippen molar-refractivity contribution in [1.82, 2.24) is 15.1 Å². The highest BCUT2D eigenvalue weighted by Gasteiger charge is 2.10. The van der Waals surface area contributed by atoms with Crippen LogP contribution < -0.4 is 10.2 Å². The number of nitrogens with zero attached hydrogens (tertiary/aromatic N) is 3. The van der Waals surface area contributed by atoms with Gasteiger partial charge >= 0.3 is 0 Å². The molecule has 0 aliphatic carbocycles. The van der Waals surface area contributed by atoms with E-state index in [1.807, 2.05) is 17.9 Å². The van der Waals surface area contributed by atoms with Gasteiger partial charge in [-0.05, 0) is 13.0 Å². The molecule has 1 saturated heterocycles. The van der Waals surface area contributed by atoms with E-state index in [0.29, 0.717) is 0 Å². The maximum Gasteiger partial charge on any atom is 0.150 e. The smallest absolute Gasteiger partial charge is 0.150 e. The first kappa shape index (κ1) is 8.56. The Bertz CT molecular complexity index is 260. The van der Waals surface area contributed by atoms with Crippen LogP contribution >= 0.6 is 0 Å². The van der Waals surface area contributed by atoms with Gasteiger partial charge in [0.15, 0.2) is 5.82 Å². The lowest BCUT2D eigenvalue weighted by molar-refractivity contribution is 0.723. The van der Waals surface area contributed by atoms with Gasteiger partial charge in [-0.25, -0.2) is 0 Å². The van der Waals surface area contributed by atoms with Gasteiger partial charge in [0.05, 0.1) is 0 Å². The molecule has 4 nitrogen and oxygen atoms in total. The highest BCUT2D eigenvalue weighted by atomic mass is 15.3. The summed E-state index contributed by atoms with van der Waals surface area (Å²) in [6.45, 7) is 4.38. The highest BCUT2D eigenvalue weighted by Crippen LogP contribution is 2.10. The zero-order valence-electron chi connectivity index (χ0n) is 8.03. The predicted octanol–water partition coefficient (Wildman–Crippen LogP) is 0.220. The van der Waals surface area contributed by atoms with E-state index >= 15 is 0 Å². The third-order valence-corrected chi connectivity index (χ3v) is 2.36. The van der Waals surface area contributed by atoms with Crippen LogP contribution in [0.5, 0.6) is 0 Å². The third kappa shape index (κ3) is 2.01. The molecule has 0 saturated carbocycles. The molecule has 2 heterocycles. The molecule has 4 heteroatoms. The summed E-state index contributed by atoms with van der Waals surface area (Å²) >= 11 is 0. The van der Waals surface area contributed by atoms with Gasteiger partial charge in [-0.3, -0.25) is 4.68 Å². The van der Waals surface area contributed by atoms with E-state index in [1.54, 1.807) is 0 Å². The van der Waals surface area contributed by atoms with Gasteiger partial charge in [-0.15, -0.1) is 0 Å². The van der Waals surface area contributed by atoms with Crippen molar-refractivity contribution in [3.63, 3.8) is 0 Å². The van der Waals surface area contributed by atoms with Crippen molar-refractivity contribution in [1.29, 1.82) is 0 Å².